The number of methoxy groups -OCH3 is 1. The molecule has 2 aliphatic rings. The van der Waals surface area contributed by atoms with Gasteiger partial charge < -0.3 is 20.3 Å². The molecule has 2 amide bonds. The molecule has 1 atom stereocenters. The third-order valence-electron chi connectivity index (χ3n) is 4.72. The normalized spacial score (nSPS) is 23.1. The molecule has 2 N–H and O–H groups in total. The van der Waals surface area contributed by atoms with E-state index in [1.165, 1.54) is 0 Å². The quantitative estimate of drug-likeness (QED) is 0.870. The lowest BCUT2D eigenvalue weighted by molar-refractivity contribution is -0.123. The lowest BCUT2D eigenvalue weighted by atomic mass is 9.89. The van der Waals surface area contributed by atoms with E-state index in [1.54, 1.807) is 18.1 Å². The van der Waals surface area contributed by atoms with Gasteiger partial charge in [0.1, 0.15) is 5.75 Å². The van der Waals surface area contributed by atoms with E-state index < -0.39 is 0 Å². The van der Waals surface area contributed by atoms with Gasteiger partial charge in [-0.2, -0.15) is 0 Å². The second kappa shape index (κ2) is 7.40. The number of amides is 2. The van der Waals surface area contributed by atoms with Crippen molar-refractivity contribution in [2.45, 2.75) is 26.2 Å². The zero-order valence-corrected chi connectivity index (χ0v) is 14.9. The highest BCUT2D eigenvalue weighted by atomic mass is 35.5. The van der Waals surface area contributed by atoms with Crippen molar-refractivity contribution in [2.24, 2.45) is 5.41 Å². The first-order valence-electron chi connectivity index (χ1n) is 8.04. The van der Waals surface area contributed by atoms with Gasteiger partial charge in [0.2, 0.25) is 11.8 Å². The van der Waals surface area contributed by atoms with E-state index in [-0.39, 0.29) is 29.6 Å². The van der Waals surface area contributed by atoms with Crippen LogP contribution in [0.4, 0.5) is 11.4 Å². The topological polar surface area (TPSA) is 70.7 Å². The third kappa shape index (κ3) is 3.49. The molecule has 7 heteroatoms. The summed E-state index contributed by atoms with van der Waals surface area (Å²) in [5, 5.41) is 6.19. The summed E-state index contributed by atoms with van der Waals surface area (Å²) in [5.74, 6) is 0.729. The van der Waals surface area contributed by atoms with Gasteiger partial charge in [-0.1, -0.05) is 0 Å². The molecule has 1 aromatic rings. The fraction of sp³-hybridized carbons (Fsp3) is 0.529. The monoisotopic (exact) mass is 353 g/mol. The van der Waals surface area contributed by atoms with Crippen molar-refractivity contribution >= 4 is 35.6 Å². The number of hydrogen-bond acceptors (Lipinski definition) is 4. The van der Waals surface area contributed by atoms with E-state index in [9.17, 15) is 9.59 Å². The Kier molecular flexibility index (Phi) is 5.72. The number of rotatable bonds is 4. The second-order valence-electron chi connectivity index (χ2n) is 6.48. The Morgan fingerprint density at radius 1 is 1.42 bits per heavy atom. The summed E-state index contributed by atoms with van der Waals surface area (Å²) in [6.07, 6.45) is 2.27. The van der Waals surface area contributed by atoms with Crippen LogP contribution in [0.25, 0.3) is 0 Å². The first-order valence-corrected chi connectivity index (χ1v) is 8.04. The van der Waals surface area contributed by atoms with Crippen LogP contribution >= 0.6 is 12.4 Å². The summed E-state index contributed by atoms with van der Waals surface area (Å²) in [6, 6.07) is 5.45. The first-order chi connectivity index (χ1) is 11.0. The number of anilines is 2. The first kappa shape index (κ1) is 18.5. The molecule has 2 aliphatic heterocycles. The molecule has 1 unspecified atom stereocenters. The Morgan fingerprint density at radius 3 is 2.79 bits per heavy atom. The number of nitrogens with one attached hydrogen (secondary N) is 2. The van der Waals surface area contributed by atoms with Crippen LogP contribution in [-0.4, -0.2) is 38.6 Å². The molecular formula is C17H24ClN3O3. The van der Waals surface area contributed by atoms with Crippen molar-refractivity contribution in [3.8, 4) is 5.75 Å². The standard InChI is InChI=1S/C17H23N3O3.ClH/c1-17(7-8-18-11-17)16(22)19-12-5-6-13(14(10-12)23-2)20-9-3-4-15(20)21;/h5-6,10,18H,3-4,7-9,11H2,1-2H3,(H,19,22);1H. The molecule has 2 saturated heterocycles. The van der Waals surface area contributed by atoms with Gasteiger partial charge >= 0.3 is 0 Å². The molecule has 0 radical (unpaired) electrons. The van der Waals surface area contributed by atoms with Crippen LogP contribution in [0, 0.1) is 5.41 Å². The molecular weight excluding hydrogens is 330 g/mol. The summed E-state index contributed by atoms with van der Waals surface area (Å²) in [4.78, 5) is 26.1. The minimum absolute atomic E-state index is 0. The minimum Gasteiger partial charge on any atom is -0.494 e. The van der Waals surface area contributed by atoms with Crippen molar-refractivity contribution in [3.63, 3.8) is 0 Å². The predicted octanol–water partition coefficient (Wildman–Crippen LogP) is 2.18. The van der Waals surface area contributed by atoms with Gasteiger partial charge in [-0.05, 0) is 38.4 Å². The summed E-state index contributed by atoms with van der Waals surface area (Å²) in [6.45, 7) is 4.24. The zero-order chi connectivity index (χ0) is 16.4. The van der Waals surface area contributed by atoms with Crippen LogP contribution in [-0.2, 0) is 9.59 Å². The van der Waals surface area contributed by atoms with E-state index in [1.807, 2.05) is 19.1 Å². The predicted molar refractivity (Wildman–Crippen MR) is 96.1 cm³/mol. The number of halogens is 1. The molecule has 2 heterocycles. The summed E-state index contributed by atoms with van der Waals surface area (Å²) in [7, 11) is 1.58. The molecule has 0 aromatic heterocycles. The van der Waals surface area contributed by atoms with Gasteiger partial charge in [0.15, 0.2) is 0 Å². The van der Waals surface area contributed by atoms with Crippen LogP contribution in [0.2, 0.25) is 0 Å². The average Bonchev–Trinajstić information content (AvgIpc) is 3.17. The Hall–Kier alpha value is -1.79. The van der Waals surface area contributed by atoms with Crippen LogP contribution < -0.4 is 20.3 Å². The van der Waals surface area contributed by atoms with Crippen LogP contribution in [0.3, 0.4) is 0 Å². The highest BCUT2D eigenvalue weighted by Gasteiger charge is 2.36. The highest BCUT2D eigenvalue weighted by molar-refractivity contribution is 5.99. The van der Waals surface area contributed by atoms with Gasteiger partial charge in [-0.15, -0.1) is 12.4 Å². The molecule has 0 spiro atoms. The molecule has 6 nitrogen and oxygen atoms in total. The Balaban J connectivity index is 0.00000208. The maximum absolute atomic E-state index is 12.5. The molecule has 2 fully saturated rings. The van der Waals surface area contributed by atoms with Crippen molar-refractivity contribution in [1.82, 2.24) is 5.32 Å². The zero-order valence-electron chi connectivity index (χ0n) is 14.1. The molecule has 0 aliphatic carbocycles. The van der Waals surface area contributed by atoms with E-state index in [4.69, 9.17) is 4.74 Å². The molecule has 3 rings (SSSR count). The SMILES string of the molecule is COc1cc(NC(=O)C2(C)CCNC2)ccc1N1CCCC1=O.Cl. The second-order valence-corrected chi connectivity index (χ2v) is 6.48. The number of carbonyl (C=O) groups is 2. The number of carbonyl (C=O) groups excluding carboxylic acids is 2. The van der Waals surface area contributed by atoms with Crippen LogP contribution in [0.1, 0.15) is 26.2 Å². The fourth-order valence-corrected chi connectivity index (χ4v) is 3.17. The Morgan fingerprint density at radius 2 is 2.21 bits per heavy atom. The van der Waals surface area contributed by atoms with Gasteiger partial charge in [-0.25, -0.2) is 0 Å². The summed E-state index contributed by atoms with van der Waals surface area (Å²) < 4.78 is 5.42. The average molecular weight is 354 g/mol. The van der Waals surface area contributed by atoms with E-state index in [2.05, 4.69) is 10.6 Å². The van der Waals surface area contributed by atoms with Crippen molar-refractivity contribution < 1.29 is 14.3 Å². The molecule has 0 bridgehead atoms. The van der Waals surface area contributed by atoms with Gasteiger partial charge in [-0.3, -0.25) is 9.59 Å². The van der Waals surface area contributed by atoms with Gasteiger partial charge in [0.05, 0.1) is 18.2 Å². The maximum Gasteiger partial charge on any atom is 0.231 e. The number of nitrogens with zero attached hydrogens (tertiary/aromatic N) is 1. The van der Waals surface area contributed by atoms with Crippen LogP contribution in [0.5, 0.6) is 5.75 Å². The number of benzene rings is 1. The maximum atomic E-state index is 12.5. The van der Waals surface area contributed by atoms with Crippen LogP contribution in [0.15, 0.2) is 18.2 Å². The summed E-state index contributed by atoms with van der Waals surface area (Å²) >= 11 is 0. The fourth-order valence-electron chi connectivity index (χ4n) is 3.17. The largest absolute Gasteiger partial charge is 0.494 e. The highest BCUT2D eigenvalue weighted by Crippen LogP contribution is 2.34. The number of hydrogen-bond donors (Lipinski definition) is 2. The van der Waals surface area contributed by atoms with Crippen molar-refractivity contribution in [2.75, 3.05) is 37.0 Å². The van der Waals surface area contributed by atoms with E-state index in [0.29, 0.717) is 30.9 Å². The van der Waals surface area contributed by atoms with E-state index in [0.717, 1.165) is 25.1 Å². The van der Waals surface area contributed by atoms with E-state index >= 15 is 0 Å². The van der Waals surface area contributed by atoms with Gasteiger partial charge in [0, 0.05) is 31.3 Å². The molecule has 132 valence electrons. The Labute approximate surface area is 148 Å². The lowest BCUT2D eigenvalue weighted by Gasteiger charge is -2.23. The minimum atomic E-state index is -0.378. The third-order valence-corrected chi connectivity index (χ3v) is 4.72. The lowest BCUT2D eigenvalue weighted by Crippen LogP contribution is -2.35. The summed E-state index contributed by atoms with van der Waals surface area (Å²) in [5.41, 5.74) is 1.08. The number of ether oxygens (including phenoxy) is 1. The Bertz CT molecular complexity index is 630. The van der Waals surface area contributed by atoms with Crippen molar-refractivity contribution in [3.05, 3.63) is 18.2 Å². The van der Waals surface area contributed by atoms with Crippen molar-refractivity contribution in [1.29, 1.82) is 0 Å². The smallest absolute Gasteiger partial charge is 0.231 e. The molecule has 24 heavy (non-hydrogen) atoms. The molecule has 0 saturated carbocycles. The molecule has 1 aromatic carbocycles. The van der Waals surface area contributed by atoms with Gasteiger partial charge in [0.25, 0.3) is 0 Å².